The number of nitrogens with zero attached hydrogens (tertiary/aromatic N) is 3. The van der Waals surface area contributed by atoms with Crippen molar-refractivity contribution in [3.8, 4) is 0 Å². The van der Waals surface area contributed by atoms with Crippen molar-refractivity contribution in [1.29, 1.82) is 0 Å². The molecule has 1 rings (SSSR count). The maximum Gasteiger partial charge on any atom is 0.277 e. The third-order valence-electron chi connectivity index (χ3n) is 2.60. The van der Waals surface area contributed by atoms with E-state index in [2.05, 4.69) is 0 Å². The molecule has 0 aliphatic heterocycles. The summed E-state index contributed by atoms with van der Waals surface area (Å²) in [5, 5.41) is 39.2. The van der Waals surface area contributed by atoms with Crippen molar-refractivity contribution in [2.45, 2.75) is 0 Å². The van der Waals surface area contributed by atoms with Crippen LogP contribution in [0.15, 0.2) is 18.2 Å². The Morgan fingerprint density at radius 2 is 1.43 bits per heavy atom. The minimum Gasteiger partial charge on any atom is -0.395 e. The maximum absolute atomic E-state index is 12.1. The van der Waals surface area contributed by atoms with Gasteiger partial charge in [0.15, 0.2) is 0 Å². The summed E-state index contributed by atoms with van der Waals surface area (Å²) in [6, 6.07) is 2.58. The fraction of sp³-hybridized carbons (Fsp3) is 0.364. The van der Waals surface area contributed by atoms with Crippen molar-refractivity contribution in [3.63, 3.8) is 0 Å². The Balaban J connectivity index is 3.23. The first-order valence-electron chi connectivity index (χ1n) is 5.85. The van der Waals surface area contributed by atoms with Gasteiger partial charge in [0, 0.05) is 25.2 Å². The third kappa shape index (κ3) is 4.19. The van der Waals surface area contributed by atoms with Gasteiger partial charge < -0.3 is 15.1 Å². The first-order valence-corrected chi connectivity index (χ1v) is 5.85. The number of rotatable bonds is 7. The molecule has 0 heterocycles. The zero-order chi connectivity index (χ0) is 16.0. The van der Waals surface area contributed by atoms with Crippen molar-refractivity contribution >= 4 is 17.3 Å². The number of non-ortho nitro benzene ring substituents is 2. The SMILES string of the molecule is O=C(c1cc([N+](=O)[O-])cc([N+](=O)[O-])c1)N(CCO)CCO. The van der Waals surface area contributed by atoms with Gasteiger partial charge in [-0.3, -0.25) is 25.0 Å². The average Bonchev–Trinajstić information content (AvgIpc) is 2.45. The van der Waals surface area contributed by atoms with Crippen molar-refractivity contribution in [1.82, 2.24) is 4.90 Å². The standard InChI is InChI=1S/C11H13N3O7/c15-3-1-12(2-4-16)11(17)8-5-9(13(18)19)7-10(6-8)14(20)21/h5-7,15-16H,1-4H2. The van der Waals surface area contributed by atoms with Crippen LogP contribution in [0.5, 0.6) is 0 Å². The van der Waals surface area contributed by atoms with Gasteiger partial charge >= 0.3 is 0 Å². The van der Waals surface area contributed by atoms with E-state index in [1.165, 1.54) is 0 Å². The Kier molecular flexibility index (Phi) is 5.69. The average molecular weight is 299 g/mol. The fourth-order valence-corrected chi connectivity index (χ4v) is 1.67. The number of hydrogen-bond acceptors (Lipinski definition) is 7. The van der Waals surface area contributed by atoms with Crippen LogP contribution in [0.2, 0.25) is 0 Å². The van der Waals surface area contributed by atoms with Gasteiger partial charge in [0.1, 0.15) is 0 Å². The number of nitro benzene ring substituents is 2. The number of aliphatic hydroxyl groups excluding tert-OH is 2. The first kappa shape index (κ1) is 16.5. The molecule has 0 aliphatic carbocycles. The molecular weight excluding hydrogens is 286 g/mol. The Morgan fingerprint density at radius 3 is 1.76 bits per heavy atom. The Labute approximate surface area is 118 Å². The molecule has 0 fully saturated rings. The molecule has 0 atom stereocenters. The molecule has 0 aliphatic rings. The maximum atomic E-state index is 12.1. The monoisotopic (exact) mass is 299 g/mol. The van der Waals surface area contributed by atoms with Crippen molar-refractivity contribution < 1.29 is 24.9 Å². The van der Waals surface area contributed by atoms with Crippen molar-refractivity contribution in [2.75, 3.05) is 26.3 Å². The summed E-state index contributed by atoms with van der Waals surface area (Å²) >= 11 is 0. The molecule has 0 aromatic heterocycles. The van der Waals surface area contributed by atoms with E-state index in [-0.39, 0.29) is 31.9 Å². The Morgan fingerprint density at radius 1 is 1.00 bits per heavy atom. The first-order chi connectivity index (χ1) is 9.90. The second kappa shape index (κ2) is 7.26. The van der Waals surface area contributed by atoms with Crippen LogP contribution in [-0.4, -0.2) is 57.2 Å². The van der Waals surface area contributed by atoms with E-state index >= 15 is 0 Å². The smallest absolute Gasteiger partial charge is 0.277 e. The van der Waals surface area contributed by atoms with Crippen LogP contribution in [0.25, 0.3) is 0 Å². The number of benzene rings is 1. The summed E-state index contributed by atoms with van der Waals surface area (Å²) in [4.78, 5) is 33.0. The lowest BCUT2D eigenvalue weighted by atomic mass is 10.1. The van der Waals surface area contributed by atoms with Gasteiger partial charge in [-0.1, -0.05) is 0 Å². The Bertz CT molecular complexity index is 522. The summed E-state index contributed by atoms with van der Waals surface area (Å²) in [6.45, 7) is -0.947. The molecule has 1 aromatic rings. The van der Waals surface area contributed by atoms with E-state index in [4.69, 9.17) is 10.2 Å². The highest BCUT2D eigenvalue weighted by Crippen LogP contribution is 2.23. The molecule has 10 nitrogen and oxygen atoms in total. The lowest BCUT2D eigenvalue weighted by Gasteiger charge is -2.20. The number of carbonyl (C=O) groups excluding carboxylic acids is 1. The lowest BCUT2D eigenvalue weighted by Crippen LogP contribution is -2.35. The largest absolute Gasteiger partial charge is 0.395 e. The minimum atomic E-state index is -0.841. The number of hydrogen-bond donors (Lipinski definition) is 2. The minimum absolute atomic E-state index is 0.101. The van der Waals surface area contributed by atoms with E-state index in [0.29, 0.717) is 0 Å². The summed E-state index contributed by atoms with van der Waals surface area (Å²) in [6.07, 6.45) is 0. The highest BCUT2D eigenvalue weighted by Gasteiger charge is 2.22. The van der Waals surface area contributed by atoms with Crippen LogP contribution < -0.4 is 0 Å². The van der Waals surface area contributed by atoms with Crippen LogP contribution in [0, 0.1) is 20.2 Å². The van der Waals surface area contributed by atoms with Gasteiger partial charge in [0.2, 0.25) is 0 Å². The molecule has 0 spiro atoms. The molecule has 2 N–H and O–H groups in total. The second-order valence-corrected chi connectivity index (χ2v) is 3.99. The zero-order valence-corrected chi connectivity index (χ0v) is 10.8. The van der Waals surface area contributed by atoms with Crippen molar-refractivity contribution in [2.24, 2.45) is 0 Å². The second-order valence-electron chi connectivity index (χ2n) is 3.99. The normalized spacial score (nSPS) is 10.2. The third-order valence-corrected chi connectivity index (χ3v) is 2.60. The summed E-state index contributed by atoms with van der Waals surface area (Å²) < 4.78 is 0. The topological polar surface area (TPSA) is 147 Å². The highest BCUT2D eigenvalue weighted by atomic mass is 16.6. The molecule has 10 heteroatoms. The molecular formula is C11H13N3O7. The predicted octanol–water partition coefficient (Wildman–Crippen LogP) is -0.0702. The van der Waals surface area contributed by atoms with E-state index in [9.17, 15) is 25.0 Å². The number of carbonyl (C=O) groups is 1. The number of aliphatic hydroxyl groups is 2. The summed E-state index contributed by atoms with van der Waals surface area (Å²) in [7, 11) is 0. The molecule has 0 saturated carbocycles. The van der Waals surface area contributed by atoms with Gasteiger partial charge in [-0.2, -0.15) is 0 Å². The van der Waals surface area contributed by atoms with Gasteiger partial charge in [0.05, 0.1) is 34.7 Å². The molecule has 0 unspecified atom stereocenters. The van der Waals surface area contributed by atoms with E-state index in [1.807, 2.05) is 0 Å². The van der Waals surface area contributed by atoms with Gasteiger partial charge in [-0.05, 0) is 0 Å². The van der Waals surface area contributed by atoms with Gasteiger partial charge in [0.25, 0.3) is 17.3 Å². The van der Waals surface area contributed by atoms with Crippen LogP contribution in [-0.2, 0) is 0 Å². The molecule has 0 radical (unpaired) electrons. The summed E-state index contributed by atoms with van der Waals surface area (Å²) in [5.74, 6) is -0.745. The number of amides is 1. The van der Waals surface area contributed by atoms with Gasteiger partial charge in [-0.15, -0.1) is 0 Å². The molecule has 0 saturated heterocycles. The van der Waals surface area contributed by atoms with Crippen molar-refractivity contribution in [3.05, 3.63) is 44.0 Å². The lowest BCUT2D eigenvalue weighted by molar-refractivity contribution is -0.394. The molecule has 1 aromatic carbocycles. The molecule has 114 valence electrons. The molecule has 21 heavy (non-hydrogen) atoms. The fourth-order valence-electron chi connectivity index (χ4n) is 1.67. The highest BCUT2D eigenvalue weighted by molar-refractivity contribution is 5.95. The Hall–Kier alpha value is -2.59. The van der Waals surface area contributed by atoms with Crippen LogP contribution in [0.4, 0.5) is 11.4 Å². The molecule has 1 amide bonds. The quantitative estimate of drug-likeness (QED) is 0.529. The van der Waals surface area contributed by atoms with Crippen LogP contribution in [0.3, 0.4) is 0 Å². The van der Waals surface area contributed by atoms with Crippen LogP contribution in [0.1, 0.15) is 10.4 Å². The predicted molar refractivity (Wildman–Crippen MR) is 69.8 cm³/mol. The zero-order valence-electron chi connectivity index (χ0n) is 10.8. The van der Waals surface area contributed by atoms with E-state index in [0.717, 1.165) is 23.1 Å². The van der Waals surface area contributed by atoms with E-state index in [1.54, 1.807) is 0 Å². The number of nitro groups is 2. The van der Waals surface area contributed by atoms with Crippen LogP contribution >= 0.6 is 0 Å². The molecule has 0 bridgehead atoms. The van der Waals surface area contributed by atoms with Gasteiger partial charge in [-0.25, -0.2) is 0 Å². The summed E-state index contributed by atoms with van der Waals surface area (Å²) in [5.41, 5.74) is -1.42. The van der Waals surface area contributed by atoms with E-state index < -0.39 is 27.1 Å².